The highest BCUT2D eigenvalue weighted by atomic mass is 16.5. The van der Waals surface area contributed by atoms with Crippen molar-refractivity contribution in [1.29, 1.82) is 0 Å². The number of fused-ring (bicyclic) bond motifs is 1. The maximum atomic E-state index is 10.6. The number of ether oxygens (including phenoxy) is 1. The van der Waals surface area contributed by atoms with Crippen LogP contribution in [0.3, 0.4) is 0 Å². The molecule has 0 heterocycles. The van der Waals surface area contributed by atoms with Gasteiger partial charge in [0.05, 0.1) is 6.61 Å². The van der Waals surface area contributed by atoms with Crippen molar-refractivity contribution in [3.05, 3.63) is 47.5 Å². The number of carbonyl (C=O) groups excluding carboxylic acids is 1. The number of carboxylic acid groups (broad SMARTS) is 1. The van der Waals surface area contributed by atoms with Gasteiger partial charge in [0.15, 0.2) is 0 Å². The first-order valence-corrected chi connectivity index (χ1v) is 7.49. The van der Waals surface area contributed by atoms with Crippen LogP contribution in [0.25, 0.3) is 10.8 Å². The molecule has 2 rings (SSSR count). The van der Waals surface area contributed by atoms with E-state index in [-0.39, 0.29) is 6.42 Å². The molecule has 0 aliphatic carbocycles. The maximum absolute atomic E-state index is 10.6. The smallest absolute Gasteiger partial charge is 0.303 e. The predicted molar refractivity (Wildman–Crippen MR) is 84.9 cm³/mol. The minimum Gasteiger partial charge on any atom is -0.481 e. The Labute approximate surface area is 129 Å². The summed E-state index contributed by atoms with van der Waals surface area (Å²) in [6.45, 7) is 0.905. The summed E-state index contributed by atoms with van der Waals surface area (Å²) in [6.07, 6.45) is 3.25. The largest absolute Gasteiger partial charge is 0.481 e. The molecular weight excluding hydrogens is 280 g/mol. The van der Waals surface area contributed by atoms with Crippen LogP contribution in [0.4, 0.5) is 0 Å². The summed E-state index contributed by atoms with van der Waals surface area (Å²) in [7, 11) is 0. The maximum Gasteiger partial charge on any atom is 0.303 e. The molecule has 0 fully saturated rings. The zero-order chi connectivity index (χ0) is 15.8. The van der Waals surface area contributed by atoms with Crippen molar-refractivity contribution in [1.82, 2.24) is 0 Å². The highest BCUT2D eigenvalue weighted by molar-refractivity contribution is 5.88. The lowest BCUT2D eigenvalue weighted by Gasteiger charge is -2.11. The van der Waals surface area contributed by atoms with Gasteiger partial charge in [0.1, 0.15) is 0 Å². The van der Waals surface area contributed by atoms with Gasteiger partial charge in [-0.3, -0.25) is 9.59 Å². The first-order chi connectivity index (χ1) is 10.7. The Morgan fingerprint density at radius 2 is 1.59 bits per heavy atom. The fourth-order valence-corrected chi connectivity index (χ4v) is 2.68. The second kappa shape index (κ2) is 8.17. The molecule has 0 atom stereocenters. The van der Waals surface area contributed by atoms with Crippen molar-refractivity contribution in [2.45, 2.75) is 32.1 Å². The molecule has 0 saturated heterocycles. The van der Waals surface area contributed by atoms with Gasteiger partial charge in [-0.05, 0) is 47.6 Å². The van der Waals surface area contributed by atoms with E-state index in [1.807, 2.05) is 12.1 Å². The van der Waals surface area contributed by atoms with Gasteiger partial charge in [-0.25, -0.2) is 0 Å². The lowest BCUT2D eigenvalue weighted by molar-refractivity contribution is -0.137. The molecule has 0 aliphatic rings. The molecule has 0 aliphatic heterocycles. The predicted octanol–water partition coefficient (Wildman–Crippen LogP) is 3.35. The summed E-state index contributed by atoms with van der Waals surface area (Å²) in [5.74, 6) is -0.754. The highest BCUT2D eigenvalue weighted by Crippen LogP contribution is 2.25. The number of carbonyl (C=O) groups is 2. The third-order valence-electron chi connectivity index (χ3n) is 3.72. The molecule has 0 aromatic heterocycles. The topological polar surface area (TPSA) is 63.6 Å². The summed E-state index contributed by atoms with van der Waals surface area (Å²) in [5, 5.41) is 11.1. The summed E-state index contributed by atoms with van der Waals surface area (Å²) < 4.78 is 4.73. The molecule has 116 valence electrons. The van der Waals surface area contributed by atoms with Crippen molar-refractivity contribution in [3.8, 4) is 0 Å². The van der Waals surface area contributed by atoms with Crippen LogP contribution in [0.5, 0.6) is 0 Å². The standard InChI is InChI=1S/C18H20O4/c19-13-22-12-4-6-15-11-10-14(5-3-9-18(20)21)16-7-1-2-8-17(15)16/h1-2,7-8,10-11,13H,3-6,9,12H2,(H,20,21). The van der Waals surface area contributed by atoms with Crippen LogP contribution < -0.4 is 0 Å². The summed E-state index contributed by atoms with van der Waals surface area (Å²) in [5.41, 5.74) is 2.41. The van der Waals surface area contributed by atoms with E-state index in [2.05, 4.69) is 24.3 Å². The van der Waals surface area contributed by atoms with E-state index < -0.39 is 5.97 Å². The van der Waals surface area contributed by atoms with Crippen LogP contribution in [0.15, 0.2) is 36.4 Å². The Balaban J connectivity index is 2.15. The Kier molecular flexibility index (Phi) is 5.95. The number of aryl methyl sites for hydroxylation is 2. The fraction of sp³-hybridized carbons (Fsp3) is 0.333. The summed E-state index contributed by atoms with van der Waals surface area (Å²) >= 11 is 0. The molecule has 0 bridgehead atoms. The van der Waals surface area contributed by atoms with Gasteiger partial charge in [0.25, 0.3) is 6.47 Å². The lowest BCUT2D eigenvalue weighted by atomic mass is 9.94. The van der Waals surface area contributed by atoms with Crippen molar-refractivity contribution < 1.29 is 19.4 Å². The van der Waals surface area contributed by atoms with Gasteiger partial charge in [-0.15, -0.1) is 0 Å². The molecule has 2 aromatic rings. The Morgan fingerprint density at radius 3 is 2.14 bits per heavy atom. The Morgan fingerprint density at radius 1 is 1.00 bits per heavy atom. The van der Waals surface area contributed by atoms with Crippen LogP contribution in [0.2, 0.25) is 0 Å². The second-order valence-electron chi connectivity index (χ2n) is 5.25. The number of hydrogen-bond acceptors (Lipinski definition) is 3. The van der Waals surface area contributed by atoms with E-state index >= 15 is 0 Å². The fourth-order valence-electron chi connectivity index (χ4n) is 2.68. The minimum atomic E-state index is -0.754. The van der Waals surface area contributed by atoms with Gasteiger partial charge >= 0.3 is 5.97 Å². The van der Waals surface area contributed by atoms with Gasteiger partial charge in [0, 0.05) is 6.42 Å². The minimum absolute atomic E-state index is 0.194. The molecule has 4 nitrogen and oxygen atoms in total. The van der Waals surface area contributed by atoms with E-state index in [1.54, 1.807) is 0 Å². The lowest BCUT2D eigenvalue weighted by Crippen LogP contribution is -1.98. The average molecular weight is 300 g/mol. The third kappa shape index (κ3) is 4.32. The van der Waals surface area contributed by atoms with E-state index in [1.165, 1.54) is 21.9 Å². The van der Waals surface area contributed by atoms with E-state index in [0.717, 1.165) is 19.3 Å². The van der Waals surface area contributed by atoms with Crippen LogP contribution in [-0.2, 0) is 27.2 Å². The van der Waals surface area contributed by atoms with Gasteiger partial charge < -0.3 is 9.84 Å². The quantitative estimate of drug-likeness (QED) is 0.570. The van der Waals surface area contributed by atoms with E-state index in [0.29, 0.717) is 19.5 Å². The Bertz CT molecular complexity index is 649. The summed E-state index contributed by atoms with van der Waals surface area (Å²) in [4.78, 5) is 20.8. The van der Waals surface area contributed by atoms with E-state index in [4.69, 9.17) is 9.84 Å². The molecule has 4 heteroatoms. The monoisotopic (exact) mass is 300 g/mol. The average Bonchev–Trinajstić information content (AvgIpc) is 2.52. The highest BCUT2D eigenvalue weighted by Gasteiger charge is 2.07. The molecule has 2 aromatic carbocycles. The number of aliphatic carboxylic acids is 1. The number of hydrogen-bond donors (Lipinski definition) is 1. The second-order valence-corrected chi connectivity index (χ2v) is 5.25. The number of carboxylic acids is 1. The number of benzene rings is 2. The molecule has 0 amide bonds. The molecule has 22 heavy (non-hydrogen) atoms. The van der Waals surface area contributed by atoms with Crippen LogP contribution in [-0.4, -0.2) is 24.2 Å². The van der Waals surface area contributed by atoms with Crippen LogP contribution in [0.1, 0.15) is 30.4 Å². The van der Waals surface area contributed by atoms with Crippen LogP contribution >= 0.6 is 0 Å². The molecule has 1 N–H and O–H groups in total. The first kappa shape index (κ1) is 16.0. The molecule has 0 radical (unpaired) electrons. The third-order valence-corrected chi connectivity index (χ3v) is 3.72. The zero-order valence-electron chi connectivity index (χ0n) is 12.5. The summed E-state index contributed by atoms with van der Waals surface area (Å²) in [6, 6.07) is 12.4. The molecule has 0 spiro atoms. The van der Waals surface area contributed by atoms with Gasteiger partial charge in [-0.2, -0.15) is 0 Å². The van der Waals surface area contributed by atoms with Gasteiger partial charge in [0.2, 0.25) is 0 Å². The Hall–Kier alpha value is -2.36. The van der Waals surface area contributed by atoms with Crippen LogP contribution in [0, 0.1) is 0 Å². The van der Waals surface area contributed by atoms with Crippen molar-refractivity contribution in [2.75, 3.05) is 6.61 Å². The van der Waals surface area contributed by atoms with Crippen molar-refractivity contribution >= 4 is 23.2 Å². The normalized spacial score (nSPS) is 10.5. The molecule has 0 unspecified atom stereocenters. The van der Waals surface area contributed by atoms with E-state index in [9.17, 15) is 9.59 Å². The SMILES string of the molecule is O=COCCCc1ccc(CCCC(=O)O)c2ccccc12. The first-order valence-electron chi connectivity index (χ1n) is 7.49. The number of rotatable bonds is 9. The van der Waals surface area contributed by atoms with Gasteiger partial charge in [-0.1, -0.05) is 36.4 Å². The zero-order valence-corrected chi connectivity index (χ0v) is 12.5. The molecular formula is C18H20O4. The van der Waals surface area contributed by atoms with Crippen molar-refractivity contribution in [3.63, 3.8) is 0 Å². The van der Waals surface area contributed by atoms with Crippen molar-refractivity contribution in [2.24, 2.45) is 0 Å². The molecule has 0 saturated carbocycles.